The van der Waals surface area contributed by atoms with Gasteiger partial charge in [-0.1, -0.05) is 0 Å². The van der Waals surface area contributed by atoms with Gasteiger partial charge in [-0.05, 0) is 41.8 Å². The van der Waals surface area contributed by atoms with Crippen molar-refractivity contribution in [2.45, 2.75) is 31.9 Å². The molecule has 0 atom stereocenters. The zero-order valence-electron chi connectivity index (χ0n) is 13.4. The van der Waals surface area contributed by atoms with Crippen LogP contribution in [0.1, 0.15) is 30.1 Å². The Morgan fingerprint density at radius 1 is 1.46 bits per heavy atom. The minimum atomic E-state index is -0.447. The van der Waals surface area contributed by atoms with Crippen LogP contribution in [0.5, 0.6) is 0 Å². The van der Waals surface area contributed by atoms with Crippen molar-refractivity contribution >= 4 is 38.5 Å². The van der Waals surface area contributed by atoms with Gasteiger partial charge in [-0.2, -0.15) is 0 Å². The first-order chi connectivity index (χ1) is 11.5. The SMILES string of the molecule is CCOC(=O)c1cnc2cc(F)c(Br)cc2c1N[C@H]1C[C@@H](OC)C1. The number of esters is 1. The van der Waals surface area contributed by atoms with Gasteiger partial charge in [0.2, 0.25) is 0 Å². The summed E-state index contributed by atoms with van der Waals surface area (Å²) in [5.74, 6) is -0.842. The van der Waals surface area contributed by atoms with Crippen LogP contribution < -0.4 is 5.32 Å². The molecule has 2 aromatic rings. The fraction of sp³-hybridized carbons (Fsp3) is 0.412. The molecule has 0 amide bonds. The highest BCUT2D eigenvalue weighted by molar-refractivity contribution is 9.10. The van der Waals surface area contributed by atoms with Crippen LogP contribution in [0.15, 0.2) is 22.8 Å². The van der Waals surface area contributed by atoms with Gasteiger partial charge in [0.15, 0.2) is 0 Å². The maximum Gasteiger partial charge on any atom is 0.341 e. The molecule has 0 spiro atoms. The maximum atomic E-state index is 13.8. The van der Waals surface area contributed by atoms with Crippen LogP contribution in [0.4, 0.5) is 10.1 Å². The van der Waals surface area contributed by atoms with E-state index in [1.165, 1.54) is 12.3 Å². The molecule has 128 valence electrons. The van der Waals surface area contributed by atoms with E-state index in [1.807, 2.05) is 0 Å². The minimum Gasteiger partial charge on any atom is -0.462 e. The summed E-state index contributed by atoms with van der Waals surface area (Å²) in [4.78, 5) is 16.5. The number of carbonyl (C=O) groups is 1. The lowest BCUT2D eigenvalue weighted by Crippen LogP contribution is -2.40. The smallest absolute Gasteiger partial charge is 0.341 e. The van der Waals surface area contributed by atoms with Gasteiger partial charge in [0, 0.05) is 30.8 Å². The number of benzene rings is 1. The molecule has 0 saturated heterocycles. The molecular formula is C17H18BrFN2O3. The van der Waals surface area contributed by atoms with E-state index in [2.05, 4.69) is 26.2 Å². The average Bonchev–Trinajstić information content (AvgIpc) is 2.51. The van der Waals surface area contributed by atoms with Crippen molar-refractivity contribution in [2.24, 2.45) is 0 Å². The summed E-state index contributed by atoms with van der Waals surface area (Å²) < 4.78 is 24.5. The number of aromatic nitrogens is 1. The zero-order valence-corrected chi connectivity index (χ0v) is 15.0. The number of halogens is 2. The molecule has 1 heterocycles. The Balaban J connectivity index is 2.04. The lowest BCUT2D eigenvalue weighted by molar-refractivity contribution is 0.0328. The quantitative estimate of drug-likeness (QED) is 0.776. The summed E-state index contributed by atoms with van der Waals surface area (Å²) in [6.45, 7) is 2.03. The lowest BCUT2D eigenvalue weighted by atomic mass is 9.88. The Morgan fingerprint density at radius 2 is 2.21 bits per heavy atom. The summed E-state index contributed by atoms with van der Waals surface area (Å²) in [5.41, 5.74) is 1.45. The minimum absolute atomic E-state index is 0.192. The number of nitrogens with zero attached hydrogens (tertiary/aromatic N) is 1. The molecule has 24 heavy (non-hydrogen) atoms. The normalized spacial score (nSPS) is 19.8. The number of ether oxygens (including phenoxy) is 2. The Hall–Kier alpha value is -1.73. The van der Waals surface area contributed by atoms with Crippen molar-refractivity contribution in [1.82, 2.24) is 4.98 Å². The number of methoxy groups -OCH3 is 1. The first-order valence-electron chi connectivity index (χ1n) is 7.77. The topological polar surface area (TPSA) is 60.5 Å². The number of hydrogen-bond donors (Lipinski definition) is 1. The highest BCUT2D eigenvalue weighted by Gasteiger charge is 2.30. The van der Waals surface area contributed by atoms with Crippen LogP contribution in [-0.2, 0) is 9.47 Å². The molecule has 0 unspecified atom stereocenters. The lowest BCUT2D eigenvalue weighted by Gasteiger charge is -2.36. The van der Waals surface area contributed by atoms with Gasteiger partial charge in [0.05, 0.1) is 28.4 Å². The molecule has 1 aliphatic rings. The summed E-state index contributed by atoms with van der Waals surface area (Å²) in [6.07, 6.45) is 3.36. The molecule has 1 fully saturated rings. The van der Waals surface area contributed by atoms with Crippen molar-refractivity contribution in [3.63, 3.8) is 0 Å². The van der Waals surface area contributed by atoms with Crippen molar-refractivity contribution in [3.8, 4) is 0 Å². The maximum absolute atomic E-state index is 13.8. The highest BCUT2D eigenvalue weighted by Crippen LogP contribution is 2.34. The third-order valence-electron chi connectivity index (χ3n) is 4.18. The van der Waals surface area contributed by atoms with Gasteiger partial charge >= 0.3 is 5.97 Å². The van der Waals surface area contributed by atoms with Gasteiger partial charge in [0.1, 0.15) is 11.4 Å². The Labute approximate surface area is 147 Å². The average molecular weight is 397 g/mol. The van der Waals surface area contributed by atoms with Gasteiger partial charge in [0.25, 0.3) is 0 Å². The number of hydrogen-bond acceptors (Lipinski definition) is 5. The molecule has 1 N–H and O–H groups in total. The number of nitrogens with one attached hydrogen (secondary N) is 1. The molecule has 1 aromatic heterocycles. The molecule has 0 radical (unpaired) electrons. The van der Waals surface area contributed by atoms with Gasteiger partial charge in [-0.15, -0.1) is 0 Å². The van der Waals surface area contributed by atoms with E-state index in [1.54, 1.807) is 20.1 Å². The first-order valence-corrected chi connectivity index (χ1v) is 8.57. The molecule has 1 aromatic carbocycles. The zero-order chi connectivity index (χ0) is 17.3. The van der Waals surface area contributed by atoms with Gasteiger partial charge in [-0.25, -0.2) is 9.18 Å². The second kappa shape index (κ2) is 7.03. The Morgan fingerprint density at radius 3 is 2.88 bits per heavy atom. The standard InChI is InChI=1S/C17H18BrFN2O3/c1-3-24-17(22)12-8-20-15-7-14(19)13(18)6-11(15)16(12)21-9-4-10(5-9)23-2/h6-10H,3-5H2,1-2H3,(H,20,21)/t9-,10+. The predicted molar refractivity (Wildman–Crippen MR) is 92.8 cm³/mol. The Bertz CT molecular complexity index is 778. The monoisotopic (exact) mass is 396 g/mol. The van der Waals surface area contributed by atoms with Crippen molar-refractivity contribution < 1.29 is 18.7 Å². The van der Waals surface area contributed by atoms with E-state index in [4.69, 9.17) is 9.47 Å². The molecule has 1 saturated carbocycles. The summed E-state index contributed by atoms with van der Waals surface area (Å²) in [6, 6.07) is 3.17. The van der Waals surface area contributed by atoms with E-state index in [0.29, 0.717) is 26.6 Å². The summed E-state index contributed by atoms with van der Waals surface area (Å²) in [7, 11) is 1.69. The van der Waals surface area contributed by atoms with Gasteiger partial charge < -0.3 is 14.8 Å². The summed E-state index contributed by atoms with van der Waals surface area (Å²) in [5, 5.41) is 4.05. The fourth-order valence-electron chi connectivity index (χ4n) is 2.79. The highest BCUT2D eigenvalue weighted by atomic mass is 79.9. The number of pyridine rings is 1. The van der Waals surface area contributed by atoms with E-state index < -0.39 is 11.8 Å². The van der Waals surface area contributed by atoms with Crippen LogP contribution in [0.3, 0.4) is 0 Å². The van der Waals surface area contributed by atoms with Crippen LogP contribution in [0.25, 0.3) is 10.9 Å². The molecule has 7 heteroatoms. The second-order valence-electron chi connectivity index (χ2n) is 5.72. The van der Waals surface area contributed by atoms with Crippen molar-refractivity contribution in [3.05, 3.63) is 34.2 Å². The number of rotatable bonds is 5. The third-order valence-corrected chi connectivity index (χ3v) is 4.79. The van der Waals surface area contributed by atoms with Crippen molar-refractivity contribution in [1.29, 1.82) is 0 Å². The van der Waals surface area contributed by atoms with Crippen LogP contribution in [0.2, 0.25) is 0 Å². The number of carbonyl (C=O) groups excluding carboxylic acids is 1. The fourth-order valence-corrected chi connectivity index (χ4v) is 3.13. The second-order valence-corrected chi connectivity index (χ2v) is 6.58. The number of anilines is 1. The Kier molecular flexibility index (Phi) is 5.01. The summed E-state index contributed by atoms with van der Waals surface area (Å²) >= 11 is 3.19. The van der Waals surface area contributed by atoms with Gasteiger partial charge in [-0.3, -0.25) is 4.98 Å². The molecular weight excluding hydrogens is 379 g/mol. The van der Waals surface area contributed by atoms with Crippen LogP contribution in [-0.4, -0.2) is 36.8 Å². The molecule has 1 aliphatic carbocycles. The van der Waals surface area contributed by atoms with E-state index >= 15 is 0 Å². The molecule has 0 aliphatic heterocycles. The van der Waals surface area contributed by atoms with E-state index in [9.17, 15) is 9.18 Å². The molecule has 3 rings (SSSR count). The van der Waals surface area contributed by atoms with E-state index in [0.717, 1.165) is 12.8 Å². The van der Waals surface area contributed by atoms with E-state index in [-0.39, 0.29) is 18.8 Å². The molecule has 5 nitrogen and oxygen atoms in total. The first kappa shape index (κ1) is 17.1. The van der Waals surface area contributed by atoms with Crippen LogP contribution in [0, 0.1) is 5.82 Å². The van der Waals surface area contributed by atoms with Crippen molar-refractivity contribution in [2.75, 3.05) is 19.0 Å². The predicted octanol–water partition coefficient (Wildman–Crippen LogP) is 3.90. The largest absolute Gasteiger partial charge is 0.462 e. The number of fused-ring (bicyclic) bond motifs is 1. The molecule has 0 bridgehead atoms. The third kappa shape index (κ3) is 3.23. The van der Waals surface area contributed by atoms with Crippen LogP contribution >= 0.6 is 15.9 Å².